The van der Waals surface area contributed by atoms with E-state index < -0.39 is 15.8 Å². The molecule has 1 aromatic rings. The molecule has 2 heterocycles. The van der Waals surface area contributed by atoms with E-state index in [1.165, 1.54) is 4.31 Å². The molecule has 0 aromatic carbocycles. The quantitative estimate of drug-likeness (QED) is 0.874. The molecule has 2 atom stereocenters. The topological polar surface area (TPSA) is 76.3 Å². The van der Waals surface area contributed by atoms with Crippen LogP contribution >= 0.6 is 0 Å². The highest BCUT2D eigenvalue weighted by atomic mass is 32.2. The molecule has 0 aliphatic carbocycles. The van der Waals surface area contributed by atoms with Crippen molar-refractivity contribution in [2.24, 2.45) is 11.7 Å². The zero-order chi connectivity index (χ0) is 13.3. The maximum Gasteiger partial charge on any atom is 0.245 e. The third-order valence-corrected chi connectivity index (χ3v) is 5.25. The van der Waals surface area contributed by atoms with Crippen LogP contribution in [0.4, 0.5) is 4.39 Å². The maximum atomic E-state index is 13.1. The van der Waals surface area contributed by atoms with E-state index in [-0.39, 0.29) is 23.4 Å². The van der Waals surface area contributed by atoms with Crippen LogP contribution in [-0.2, 0) is 10.0 Å². The average molecular weight is 273 g/mol. The number of hydrogen-bond donors (Lipinski definition) is 1. The van der Waals surface area contributed by atoms with Crippen LogP contribution in [0.1, 0.15) is 13.3 Å². The molecule has 1 fully saturated rings. The minimum Gasteiger partial charge on any atom is -0.329 e. The molecule has 1 aromatic heterocycles. The Morgan fingerprint density at radius 3 is 2.89 bits per heavy atom. The Bertz CT molecular complexity index is 535. The van der Waals surface area contributed by atoms with Gasteiger partial charge in [-0.1, -0.05) is 6.92 Å². The second-order valence-electron chi connectivity index (χ2n) is 4.52. The number of pyridine rings is 1. The molecular weight excluding hydrogens is 257 g/mol. The van der Waals surface area contributed by atoms with Crippen molar-refractivity contribution in [1.82, 2.24) is 9.29 Å². The van der Waals surface area contributed by atoms with Gasteiger partial charge in [-0.3, -0.25) is 4.98 Å². The number of rotatable bonds is 3. The van der Waals surface area contributed by atoms with Crippen LogP contribution in [0, 0.1) is 11.7 Å². The van der Waals surface area contributed by atoms with Crippen molar-refractivity contribution in [1.29, 1.82) is 0 Å². The minimum absolute atomic E-state index is 0.116. The lowest BCUT2D eigenvalue weighted by Gasteiger charge is -2.24. The largest absolute Gasteiger partial charge is 0.329 e. The summed E-state index contributed by atoms with van der Waals surface area (Å²) in [5.41, 5.74) is 5.62. The van der Waals surface area contributed by atoms with E-state index in [1.54, 1.807) is 0 Å². The Balaban J connectivity index is 2.37. The van der Waals surface area contributed by atoms with Crippen molar-refractivity contribution in [3.63, 3.8) is 0 Å². The Labute approximate surface area is 106 Å². The highest BCUT2D eigenvalue weighted by Crippen LogP contribution is 2.29. The van der Waals surface area contributed by atoms with Crippen molar-refractivity contribution in [3.05, 3.63) is 24.3 Å². The Kier molecular flexibility index (Phi) is 3.65. The van der Waals surface area contributed by atoms with Gasteiger partial charge in [0.2, 0.25) is 10.0 Å². The summed E-state index contributed by atoms with van der Waals surface area (Å²) in [7, 11) is -3.70. The molecule has 1 saturated heterocycles. The summed E-state index contributed by atoms with van der Waals surface area (Å²) in [5, 5.41) is 0. The lowest BCUT2D eigenvalue weighted by Crippen LogP contribution is -2.42. The first-order valence-corrected chi connectivity index (χ1v) is 7.23. The van der Waals surface area contributed by atoms with Crippen molar-refractivity contribution in [2.45, 2.75) is 24.3 Å². The molecule has 0 bridgehead atoms. The standard InChI is InChI=1S/C11H16FN3O2S/c1-8-2-3-15(11(8)5-13)18(16,17)10-4-9(12)6-14-7-10/h4,6-8,11H,2-3,5,13H2,1H3. The average Bonchev–Trinajstić information content (AvgIpc) is 2.71. The third kappa shape index (κ3) is 2.25. The monoisotopic (exact) mass is 273 g/mol. The fourth-order valence-corrected chi connectivity index (χ4v) is 4.01. The molecule has 7 heteroatoms. The fraction of sp³-hybridized carbons (Fsp3) is 0.545. The summed E-state index contributed by atoms with van der Waals surface area (Å²) in [6.45, 7) is 2.65. The van der Waals surface area contributed by atoms with E-state index in [2.05, 4.69) is 4.98 Å². The summed E-state index contributed by atoms with van der Waals surface area (Å²) in [6.07, 6.45) is 2.91. The number of sulfonamides is 1. The molecule has 0 amide bonds. The third-order valence-electron chi connectivity index (χ3n) is 3.36. The SMILES string of the molecule is CC1CCN(S(=O)(=O)c2cncc(F)c2)C1CN. The molecule has 1 aliphatic rings. The zero-order valence-electron chi connectivity index (χ0n) is 10.1. The van der Waals surface area contributed by atoms with Gasteiger partial charge < -0.3 is 5.73 Å². The van der Waals surface area contributed by atoms with E-state index in [0.717, 1.165) is 24.9 Å². The van der Waals surface area contributed by atoms with Crippen molar-refractivity contribution in [3.8, 4) is 0 Å². The maximum absolute atomic E-state index is 13.1. The van der Waals surface area contributed by atoms with E-state index >= 15 is 0 Å². The first-order chi connectivity index (χ1) is 8.46. The van der Waals surface area contributed by atoms with Gasteiger partial charge in [0.1, 0.15) is 10.7 Å². The molecule has 0 radical (unpaired) electrons. The van der Waals surface area contributed by atoms with Crippen LogP contribution in [0.3, 0.4) is 0 Å². The van der Waals surface area contributed by atoms with Crippen LogP contribution in [0.5, 0.6) is 0 Å². The highest BCUT2D eigenvalue weighted by Gasteiger charge is 2.38. The summed E-state index contributed by atoms with van der Waals surface area (Å²) < 4.78 is 39.2. The fourth-order valence-electron chi connectivity index (χ4n) is 2.29. The molecule has 0 spiro atoms. The lowest BCUT2D eigenvalue weighted by molar-refractivity contribution is 0.354. The molecule has 100 valence electrons. The molecule has 5 nitrogen and oxygen atoms in total. The molecule has 0 saturated carbocycles. The van der Waals surface area contributed by atoms with Crippen LogP contribution in [-0.4, -0.2) is 36.8 Å². The van der Waals surface area contributed by atoms with Crippen LogP contribution in [0.2, 0.25) is 0 Å². The number of hydrogen-bond acceptors (Lipinski definition) is 4. The molecule has 2 rings (SSSR count). The molecule has 18 heavy (non-hydrogen) atoms. The second kappa shape index (κ2) is 4.91. The van der Waals surface area contributed by atoms with Crippen LogP contribution < -0.4 is 5.73 Å². The predicted molar refractivity (Wildman–Crippen MR) is 64.7 cm³/mol. The Morgan fingerprint density at radius 2 is 2.28 bits per heavy atom. The molecule has 2 unspecified atom stereocenters. The summed E-state index contributed by atoms with van der Waals surface area (Å²) in [4.78, 5) is 3.46. The summed E-state index contributed by atoms with van der Waals surface area (Å²) in [5.74, 6) is -0.445. The summed E-state index contributed by atoms with van der Waals surface area (Å²) in [6, 6.07) is 0.761. The van der Waals surface area contributed by atoms with E-state index in [1.807, 2.05) is 6.92 Å². The highest BCUT2D eigenvalue weighted by molar-refractivity contribution is 7.89. The smallest absolute Gasteiger partial charge is 0.245 e. The number of aromatic nitrogens is 1. The predicted octanol–water partition coefficient (Wildman–Crippen LogP) is 0.579. The van der Waals surface area contributed by atoms with Gasteiger partial charge in [-0.05, 0) is 18.4 Å². The van der Waals surface area contributed by atoms with E-state index in [0.29, 0.717) is 6.54 Å². The first kappa shape index (κ1) is 13.4. The van der Waals surface area contributed by atoms with Gasteiger partial charge in [-0.2, -0.15) is 4.31 Å². The van der Waals surface area contributed by atoms with E-state index in [9.17, 15) is 12.8 Å². The van der Waals surface area contributed by atoms with Gasteiger partial charge in [0.25, 0.3) is 0 Å². The minimum atomic E-state index is -3.70. The van der Waals surface area contributed by atoms with Crippen LogP contribution in [0.15, 0.2) is 23.4 Å². The zero-order valence-corrected chi connectivity index (χ0v) is 10.9. The lowest BCUT2D eigenvalue weighted by atomic mass is 10.0. The van der Waals surface area contributed by atoms with Gasteiger partial charge in [-0.25, -0.2) is 12.8 Å². The van der Waals surface area contributed by atoms with Gasteiger partial charge in [-0.15, -0.1) is 0 Å². The number of halogens is 1. The normalized spacial score (nSPS) is 25.5. The van der Waals surface area contributed by atoms with Crippen molar-refractivity contribution < 1.29 is 12.8 Å². The van der Waals surface area contributed by atoms with Gasteiger partial charge in [0.05, 0.1) is 6.20 Å². The van der Waals surface area contributed by atoms with Crippen molar-refractivity contribution >= 4 is 10.0 Å². The Hall–Kier alpha value is -1.05. The first-order valence-electron chi connectivity index (χ1n) is 5.79. The van der Waals surface area contributed by atoms with Gasteiger partial charge in [0, 0.05) is 25.3 Å². The van der Waals surface area contributed by atoms with Gasteiger partial charge in [0.15, 0.2) is 0 Å². The molecular formula is C11H16FN3O2S. The van der Waals surface area contributed by atoms with Gasteiger partial charge >= 0.3 is 0 Å². The van der Waals surface area contributed by atoms with Crippen LogP contribution in [0.25, 0.3) is 0 Å². The van der Waals surface area contributed by atoms with E-state index in [4.69, 9.17) is 5.73 Å². The molecule has 2 N–H and O–H groups in total. The number of nitrogens with two attached hydrogens (primary N) is 1. The van der Waals surface area contributed by atoms with Crippen molar-refractivity contribution in [2.75, 3.05) is 13.1 Å². The molecule has 1 aliphatic heterocycles. The second-order valence-corrected chi connectivity index (χ2v) is 6.41. The summed E-state index contributed by atoms with van der Waals surface area (Å²) >= 11 is 0. The number of nitrogens with zero attached hydrogens (tertiary/aromatic N) is 2. The Morgan fingerprint density at radius 1 is 1.56 bits per heavy atom.